The van der Waals surface area contributed by atoms with Gasteiger partial charge in [0.15, 0.2) is 0 Å². The lowest BCUT2D eigenvalue weighted by Crippen LogP contribution is -2.54. The maximum atomic E-state index is 14.2. The second kappa shape index (κ2) is 35.2. The topological polar surface area (TPSA) is 335 Å². The molecule has 0 spiro atoms. The van der Waals surface area contributed by atoms with Crippen LogP contribution in [0.4, 0.5) is 23.7 Å². The van der Waals surface area contributed by atoms with Crippen LogP contribution in [0.2, 0.25) is 0 Å². The van der Waals surface area contributed by atoms with Crippen molar-refractivity contribution in [2.24, 2.45) is 29.2 Å². The largest absolute Gasteiger partial charge is 0.404 e. The average Bonchev–Trinajstić information content (AvgIpc) is 4.15. The molecule has 0 aromatic heterocycles. The lowest BCUT2D eigenvalue weighted by atomic mass is 9.89. The number of amides is 11. The van der Waals surface area contributed by atoms with Gasteiger partial charge in [-0.15, -0.1) is 0 Å². The number of urea groups is 1. The number of nitrogens with zero attached hydrogens (tertiary/aromatic N) is 3. The Morgan fingerprint density at radius 2 is 1.52 bits per heavy atom. The number of piperidine rings is 1. The van der Waals surface area contributed by atoms with Crippen LogP contribution in [0, 0.1) is 17.8 Å². The molecule has 85 heavy (non-hydrogen) atoms. The molecule has 2 heterocycles. The van der Waals surface area contributed by atoms with E-state index in [1.807, 2.05) is 44.2 Å². The van der Waals surface area contributed by atoms with Crippen molar-refractivity contribution in [2.45, 2.75) is 153 Å². The molecule has 0 aliphatic carbocycles. The molecular weight excluding hydrogens is 1110 g/mol. The molecule has 2 saturated heterocycles. The van der Waals surface area contributed by atoms with E-state index >= 15 is 0 Å². The van der Waals surface area contributed by atoms with Crippen molar-refractivity contribution < 1.29 is 70.6 Å². The normalized spacial score (nSPS) is 18.6. The number of carbonyl (C=O) groups excluding carboxylic acids is 10. The summed E-state index contributed by atoms with van der Waals surface area (Å²) in [6.07, 6.45) is -3.60. The zero-order valence-corrected chi connectivity index (χ0v) is 49.5. The molecule has 0 bridgehead atoms. The molecule has 2 aromatic carbocycles. The third kappa shape index (κ3) is 22.9. The molecule has 11 N–H and O–H groups in total. The fraction of sp³-hybridized carbons (Fsp3) is 0.621. The summed E-state index contributed by atoms with van der Waals surface area (Å²) in [4.78, 5) is 132. The highest BCUT2D eigenvalue weighted by molar-refractivity contribution is 5.98. The molecule has 2 aliphatic heterocycles. The number of likely N-dealkylation sites (N-methyl/N-ethyl adjacent to an activating group) is 1. The number of nitrogens with one attached hydrogen (secondary N) is 7. The number of rotatable bonds is 35. The number of nitrogens with two attached hydrogens (primary N) is 2. The molecule has 10 atom stereocenters. The maximum Gasteiger partial charge on any atom is 0.404 e. The Labute approximate surface area is 494 Å². The van der Waals surface area contributed by atoms with Gasteiger partial charge in [0.05, 0.1) is 49.7 Å². The molecule has 4 rings (SSSR count). The van der Waals surface area contributed by atoms with Gasteiger partial charge in [0, 0.05) is 71.4 Å². The molecule has 24 nitrogen and oxygen atoms in total. The fourth-order valence-electron chi connectivity index (χ4n) is 11.0. The summed E-state index contributed by atoms with van der Waals surface area (Å²) < 4.78 is 53.2. The molecule has 2 aromatic rings. The zero-order valence-electron chi connectivity index (χ0n) is 49.5. The number of carbonyl (C=O) groups is 10. The maximum absolute atomic E-state index is 14.2. The van der Waals surface area contributed by atoms with Crippen LogP contribution >= 0.6 is 0 Å². The Morgan fingerprint density at radius 3 is 2.14 bits per heavy atom. The van der Waals surface area contributed by atoms with Crippen molar-refractivity contribution in [1.29, 1.82) is 0 Å². The van der Waals surface area contributed by atoms with Gasteiger partial charge in [-0.25, -0.2) is 4.79 Å². The smallest absolute Gasteiger partial charge is 0.379 e. The van der Waals surface area contributed by atoms with Crippen molar-refractivity contribution in [3.8, 4) is 0 Å². The summed E-state index contributed by atoms with van der Waals surface area (Å²) in [5.41, 5.74) is 12.3. The highest BCUT2D eigenvalue weighted by Crippen LogP contribution is 2.35. The summed E-state index contributed by atoms with van der Waals surface area (Å²) in [5, 5.41) is 18.5. The molecule has 11 amide bonds. The van der Waals surface area contributed by atoms with Crippen LogP contribution in [-0.4, -0.2) is 184 Å². The highest BCUT2D eigenvalue weighted by atomic mass is 19.4. The molecule has 2 aliphatic rings. The quantitative estimate of drug-likeness (QED) is 0.0353. The minimum Gasteiger partial charge on any atom is -0.379 e. The number of anilines is 1. The van der Waals surface area contributed by atoms with Gasteiger partial charge >= 0.3 is 12.2 Å². The van der Waals surface area contributed by atoms with Gasteiger partial charge in [0.25, 0.3) is 0 Å². The van der Waals surface area contributed by atoms with Crippen molar-refractivity contribution >= 4 is 65.4 Å². The number of methoxy groups -OCH3 is 2. The molecular formula is C58H87F3N12O12. The molecule has 2 fully saturated rings. The van der Waals surface area contributed by atoms with Gasteiger partial charge in [-0.2, -0.15) is 13.2 Å². The fourth-order valence-corrected chi connectivity index (χ4v) is 11.0. The Hall–Kier alpha value is -7.39. The van der Waals surface area contributed by atoms with E-state index in [1.165, 1.54) is 24.0 Å². The van der Waals surface area contributed by atoms with E-state index in [9.17, 15) is 61.1 Å². The van der Waals surface area contributed by atoms with E-state index in [0.29, 0.717) is 49.9 Å². The van der Waals surface area contributed by atoms with Crippen LogP contribution < -0.4 is 48.7 Å². The van der Waals surface area contributed by atoms with E-state index < -0.39 is 103 Å². The number of benzene rings is 2. The van der Waals surface area contributed by atoms with Crippen molar-refractivity contribution in [3.05, 3.63) is 65.7 Å². The number of halogens is 3. The first kappa shape index (κ1) is 70.1. The number of hydrogen-bond acceptors (Lipinski definition) is 13. The Balaban J connectivity index is 1.34. The van der Waals surface area contributed by atoms with E-state index in [4.69, 9.17) is 20.9 Å². The Bertz CT molecular complexity index is 2530. The molecule has 472 valence electrons. The summed E-state index contributed by atoms with van der Waals surface area (Å²) in [5.74, 6) is -5.76. The lowest BCUT2D eigenvalue weighted by Gasteiger charge is -2.39. The molecule has 27 heteroatoms. The zero-order chi connectivity index (χ0) is 62.8. The van der Waals surface area contributed by atoms with Crippen molar-refractivity contribution in [3.63, 3.8) is 0 Å². The van der Waals surface area contributed by atoms with Crippen LogP contribution in [0.5, 0.6) is 0 Å². The van der Waals surface area contributed by atoms with Crippen LogP contribution in [0.3, 0.4) is 0 Å². The standard InChI is InChI=1S/C58H87F3N12O12/c1-7-36(2)52(71(4)51(79)34-64-35-74)45(84-5)31-50(78)73-26-12-17-44(73)53(85-6)37(3)55(81)69-42(28-38-14-9-8-10-15-38)30-48(76)66-32-39-19-21-41(22-20-39)68-56(82)43(16-11-24-65-57(63)83)70-49(77)33-67-47(75)18-13-25-72-27-23-40(54(62)80)29-46(72)58(59,60)61/h8-10,14-15,19-22,35-37,40,42-46,52-53H,7,11-13,16-18,23-34H2,1-6H3,(H2,62,80)(H,64,74)(H,66,76)(H,67,75)(H,68,82)(H,69,81)(H,70,77)(H3,63,65,83). The first-order chi connectivity index (χ1) is 40.4. The van der Waals surface area contributed by atoms with Gasteiger partial charge in [0.2, 0.25) is 53.7 Å². The Morgan fingerprint density at radius 1 is 0.812 bits per heavy atom. The second-order valence-corrected chi connectivity index (χ2v) is 21.9. The average molecular weight is 1200 g/mol. The number of hydrogen-bond donors (Lipinski definition) is 9. The monoisotopic (exact) mass is 1200 g/mol. The number of ether oxygens (including phenoxy) is 2. The minimum absolute atomic E-state index is 0.0218. The van der Waals surface area contributed by atoms with E-state index in [0.717, 1.165) is 5.56 Å². The minimum atomic E-state index is -4.60. The van der Waals surface area contributed by atoms with Gasteiger partial charge in [-0.1, -0.05) is 69.7 Å². The summed E-state index contributed by atoms with van der Waals surface area (Å²) >= 11 is 0. The SMILES string of the molecule is CCC(C)C(C(CC(=O)N1CCCC1C(OC)C(C)C(=O)NC(CC(=O)NCc1ccc(NC(=O)C(CCCNC(N)=O)NC(=O)CNC(=O)CCCN2CCC(C(N)=O)CC2C(F)(F)F)cc1)Cc1ccccc1)OC)N(C)C(=O)CNC=O. The number of primary amides is 2. The Kier molecular flexibility index (Phi) is 29.0. The van der Waals surface area contributed by atoms with Gasteiger partial charge in [0.1, 0.15) is 12.1 Å². The predicted molar refractivity (Wildman–Crippen MR) is 308 cm³/mol. The molecule has 0 radical (unpaired) electrons. The van der Waals surface area contributed by atoms with E-state index in [2.05, 4.69) is 37.2 Å². The van der Waals surface area contributed by atoms with Gasteiger partial charge in [-0.05, 0) is 93.6 Å². The van der Waals surface area contributed by atoms with Gasteiger partial charge < -0.3 is 68.0 Å². The van der Waals surface area contributed by atoms with Crippen molar-refractivity contribution in [2.75, 3.05) is 65.9 Å². The first-order valence-electron chi connectivity index (χ1n) is 28.9. The van der Waals surface area contributed by atoms with E-state index in [1.54, 1.807) is 43.1 Å². The number of alkyl halides is 3. The molecule has 10 unspecified atom stereocenters. The number of likely N-dealkylation sites (tertiary alicyclic amines) is 2. The predicted octanol–water partition coefficient (Wildman–Crippen LogP) is 1.98. The first-order valence-corrected chi connectivity index (χ1v) is 28.9. The third-order valence-corrected chi connectivity index (χ3v) is 15.9. The van der Waals surface area contributed by atoms with Crippen LogP contribution in [-0.2, 0) is 65.6 Å². The third-order valence-electron chi connectivity index (χ3n) is 15.9. The van der Waals surface area contributed by atoms with Crippen LogP contribution in [0.25, 0.3) is 0 Å². The highest BCUT2D eigenvalue weighted by Gasteiger charge is 2.48. The second-order valence-electron chi connectivity index (χ2n) is 21.9. The van der Waals surface area contributed by atoms with E-state index in [-0.39, 0.29) is 107 Å². The summed E-state index contributed by atoms with van der Waals surface area (Å²) in [7, 11) is 4.62. The molecule has 0 saturated carbocycles. The van der Waals surface area contributed by atoms with Crippen LogP contribution in [0.15, 0.2) is 54.6 Å². The summed E-state index contributed by atoms with van der Waals surface area (Å²) in [6.45, 7) is 5.42. The lowest BCUT2D eigenvalue weighted by molar-refractivity contribution is -0.195. The van der Waals surface area contributed by atoms with Crippen LogP contribution in [0.1, 0.15) is 103 Å². The summed E-state index contributed by atoms with van der Waals surface area (Å²) in [6, 6.07) is 10.5. The van der Waals surface area contributed by atoms with Crippen molar-refractivity contribution in [1.82, 2.24) is 46.6 Å². The van der Waals surface area contributed by atoms with Gasteiger partial charge in [-0.3, -0.25) is 48.1 Å².